The van der Waals surface area contributed by atoms with Gasteiger partial charge in [-0.05, 0) is 26.7 Å². The van der Waals surface area contributed by atoms with Crippen LogP contribution >= 0.6 is 0 Å². The second kappa shape index (κ2) is 2.94. The highest BCUT2D eigenvalue weighted by Crippen LogP contribution is 2.43. The van der Waals surface area contributed by atoms with E-state index in [1.807, 2.05) is 0 Å². The van der Waals surface area contributed by atoms with E-state index in [0.29, 0.717) is 6.54 Å². The number of hydrogen-bond donors (Lipinski definition) is 1. The molecule has 2 aliphatic heterocycles. The fourth-order valence-electron chi connectivity index (χ4n) is 2.50. The molecular weight excluding hydrogens is 166 g/mol. The van der Waals surface area contributed by atoms with Gasteiger partial charge in [-0.3, -0.25) is 0 Å². The SMILES string of the molecule is CC1(C)C[C@]2(CC[C@H](CN)O2)CO1. The lowest BCUT2D eigenvalue weighted by atomic mass is 9.91. The average molecular weight is 185 g/mol. The number of hydrogen-bond acceptors (Lipinski definition) is 3. The number of rotatable bonds is 1. The van der Waals surface area contributed by atoms with Gasteiger partial charge in [0.2, 0.25) is 0 Å². The number of nitrogens with two attached hydrogens (primary N) is 1. The fraction of sp³-hybridized carbons (Fsp3) is 1.00. The lowest BCUT2D eigenvalue weighted by Gasteiger charge is -2.23. The zero-order valence-corrected chi connectivity index (χ0v) is 8.51. The first-order chi connectivity index (χ1) is 6.05. The summed E-state index contributed by atoms with van der Waals surface area (Å²) in [5.74, 6) is 0. The van der Waals surface area contributed by atoms with E-state index in [4.69, 9.17) is 15.2 Å². The van der Waals surface area contributed by atoms with E-state index < -0.39 is 0 Å². The Labute approximate surface area is 79.6 Å². The van der Waals surface area contributed by atoms with Crippen LogP contribution in [0, 0.1) is 0 Å². The Morgan fingerprint density at radius 1 is 1.46 bits per heavy atom. The van der Waals surface area contributed by atoms with Gasteiger partial charge in [-0.1, -0.05) is 0 Å². The Morgan fingerprint density at radius 2 is 2.23 bits per heavy atom. The van der Waals surface area contributed by atoms with Crippen molar-refractivity contribution in [2.45, 2.75) is 50.4 Å². The van der Waals surface area contributed by atoms with E-state index in [-0.39, 0.29) is 17.3 Å². The molecule has 2 fully saturated rings. The van der Waals surface area contributed by atoms with Crippen LogP contribution in [0.4, 0.5) is 0 Å². The normalized spacial score (nSPS) is 43.2. The van der Waals surface area contributed by atoms with Crippen LogP contribution in [-0.4, -0.2) is 30.5 Å². The van der Waals surface area contributed by atoms with Gasteiger partial charge in [0.05, 0.1) is 23.9 Å². The van der Waals surface area contributed by atoms with Gasteiger partial charge in [-0.15, -0.1) is 0 Å². The van der Waals surface area contributed by atoms with Crippen molar-refractivity contribution in [1.82, 2.24) is 0 Å². The summed E-state index contributed by atoms with van der Waals surface area (Å²) in [5, 5.41) is 0. The van der Waals surface area contributed by atoms with E-state index in [0.717, 1.165) is 25.9 Å². The second-order valence-corrected chi connectivity index (χ2v) is 4.92. The third-order valence-electron chi connectivity index (χ3n) is 3.08. The Balaban J connectivity index is 2.01. The van der Waals surface area contributed by atoms with E-state index in [1.54, 1.807) is 0 Å². The summed E-state index contributed by atoms with van der Waals surface area (Å²) < 4.78 is 11.6. The van der Waals surface area contributed by atoms with Crippen molar-refractivity contribution < 1.29 is 9.47 Å². The summed E-state index contributed by atoms with van der Waals surface area (Å²) in [5.41, 5.74) is 5.57. The van der Waals surface area contributed by atoms with Crippen LogP contribution < -0.4 is 5.73 Å². The lowest BCUT2D eigenvalue weighted by Crippen LogP contribution is -2.32. The molecule has 2 saturated heterocycles. The molecule has 0 aromatic heterocycles. The molecular formula is C10H19NO2. The van der Waals surface area contributed by atoms with Crippen molar-refractivity contribution in [3.63, 3.8) is 0 Å². The molecule has 0 amide bonds. The molecule has 0 aliphatic carbocycles. The van der Waals surface area contributed by atoms with Gasteiger partial charge in [0.1, 0.15) is 0 Å². The first-order valence-corrected chi connectivity index (χ1v) is 5.07. The largest absolute Gasteiger partial charge is 0.372 e. The first-order valence-electron chi connectivity index (χ1n) is 5.07. The van der Waals surface area contributed by atoms with Gasteiger partial charge in [-0.25, -0.2) is 0 Å². The summed E-state index contributed by atoms with van der Waals surface area (Å²) in [6.07, 6.45) is 3.47. The van der Waals surface area contributed by atoms with E-state index in [1.165, 1.54) is 0 Å². The maximum absolute atomic E-state index is 5.94. The summed E-state index contributed by atoms with van der Waals surface area (Å²) in [6.45, 7) is 5.64. The molecule has 0 bridgehead atoms. The molecule has 3 nitrogen and oxygen atoms in total. The predicted octanol–water partition coefficient (Wildman–Crippen LogP) is 1.06. The minimum Gasteiger partial charge on any atom is -0.372 e. The van der Waals surface area contributed by atoms with E-state index >= 15 is 0 Å². The van der Waals surface area contributed by atoms with Crippen LogP contribution in [0.2, 0.25) is 0 Å². The molecule has 2 heterocycles. The minimum atomic E-state index is -0.0104. The lowest BCUT2D eigenvalue weighted by molar-refractivity contribution is -0.0433. The summed E-state index contributed by atoms with van der Waals surface area (Å²) in [6, 6.07) is 0. The van der Waals surface area contributed by atoms with Gasteiger partial charge < -0.3 is 15.2 Å². The topological polar surface area (TPSA) is 44.5 Å². The highest BCUT2D eigenvalue weighted by atomic mass is 16.6. The Kier molecular flexibility index (Phi) is 2.13. The maximum Gasteiger partial charge on any atom is 0.0947 e. The summed E-state index contributed by atoms with van der Waals surface area (Å²) in [4.78, 5) is 0. The average Bonchev–Trinajstić information content (AvgIpc) is 2.57. The van der Waals surface area contributed by atoms with Crippen LogP contribution in [0.3, 0.4) is 0 Å². The maximum atomic E-state index is 5.94. The highest BCUT2D eigenvalue weighted by molar-refractivity contribution is 4.98. The molecule has 0 aromatic carbocycles. The van der Waals surface area contributed by atoms with Gasteiger partial charge in [0.15, 0.2) is 0 Å². The van der Waals surface area contributed by atoms with Crippen molar-refractivity contribution in [2.75, 3.05) is 13.2 Å². The molecule has 76 valence electrons. The molecule has 0 aromatic rings. The van der Waals surface area contributed by atoms with Gasteiger partial charge in [0, 0.05) is 13.0 Å². The summed E-state index contributed by atoms with van der Waals surface area (Å²) in [7, 11) is 0. The standard InChI is InChI=1S/C10H19NO2/c1-9(2)6-10(7-12-9)4-3-8(5-11)13-10/h8H,3-7,11H2,1-2H3/t8-,10-/m1/s1. The molecule has 0 radical (unpaired) electrons. The zero-order valence-electron chi connectivity index (χ0n) is 8.51. The van der Waals surface area contributed by atoms with Crippen LogP contribution in [-0.2, 0) is 9.47 Å². The third-order valence-corrected chi connectivity index (χ3v) is 3.08. The minimum absolute atomic E-state index is 0.00641. The molecule has 2 N–H and O–H groups in total. The quantitative estimate of drug-likeness (QED) is 0.664. The van der Waals surface area contributed by atoms with Crippen molar-refractivity contribution in [1.29, 1.82) is 0 Å². The number of ether oxygens (including phenoxy) is 2. The van der Waals surface area contributed by atoms with E-state index in [9.17, 15) is 0 Å². The smallest absolute Gasteiger partial charge is 0.0947 e. The molecule has 3 heteroatoms. The predicted molar refractivity (Wildman–Crippen MR) is 50.5 cm³/mol. The monoisotopic (exact) mass is 185 g/mol. The Hall–Kier alpha value is -0.120. The molecule has 0 unspecified atom stereocenters. The molecule has 2 rings (SSSR count). The summed E-state index contributed by atoms with van der Waals surface area (Å²) >= 11 is 0. The molecule has 0 saturated carbocycles. The van der Waals surface area contributed by atoms with Crippen molar-refractivity contribution in [3.8, 4) is 0 Å². The second-order valence-electron chi connectivity index (χ2n) is 4.92. The Bertz CT molecular complexity index is 205. The van der Waals surface area contributed by atoms with Gasteiger partial charge in [-0.2, -0.15) is 0 Å². The van der Waals surface area contributed by atoms with Crippen molar-refractivity contribution in [3.05, 3.63) is 0 Å². The Morgan fingerprint density at radius 3 is 2.69 bits per heavy atom. The highest BCUT2D eigenvalue weighted by Gasteiger charge is 2.49. The fourth-order valence-corrected chi connectivity index (χ4v) is 2.50. The van der Waals surface area contributed by atoms with Crippen LogP contribution in [0.25, 0.3) is 0 Å². The molecule has 2 aliphatic rings. The van der Waals surface area contributed by atoms with Crippen LogP contribution in [0.5, 0.6) is 0 Å². The van der Waals surface area contributed by atoms with Crippen molar-refractivity contribution >= 4 is 0 Å². The van der Waals surface area contributed by atoms with Gasteiger partial charge >= 0.3 is 0 Å². The van der Waals surface area contributed by atoms with Crippen LogP contribution in [0.15, 0.2) is 0 Å². The molecule has 2 atom stereocenters. The van der Waals surface area contributed by atoms with Crippen molar-refractivity contribution in [2.24, 2.45) is 5.73 Å². The third kappa shape index (κ3) is 1.73. The zero-order chi connectivity index (χ0) is 9.53. The van der Waals surface area contributed by atoms with Crippen LogP contribution in [0.1, 0.15) is 33.1 Å². The molecule has 1 spiro atoms. The first kappa shape index (κ1) is 9.44. The van der Waals surface area contributed by atoms with Gasteiger partial charge in [0.25, 0.3) is 0 Å². The molecule has 13 heavy (non-hydrogen) atoms. The van der Waals surface area contributed by atoms with E-state index in [2.05, 4.69) is 13.8 Å².